The van der Waals surface area contributed by atoms with Crippen molar-refractivity contribution in [2.45, 2.75) is 18.9 Å². The predicted octanol–water partition coefficient (Wildman–Crippen LogP) is 5.49. The summed E-state index contributed by atoms with van der Waals surface area (Å²) in [5.41, 5.74) is 2.87. The fourth-order valence-electron chi connectivity index (χ4n) is 3.51. The SMILES string of the molecule is O=CC1CC(Oc2ncc(-c3ccc(-c4nc5cc(Cl)c(Cl)cc5[nH]4)c(F)c3)cn2)C1. The Morgan fingerprint density at radius 3 is 2.52 bits per heavy atom. The molecular formula is C22H15Cl2FN4O2. The number of H-pyrrole nitrogens is 1. The van der Waals surface area contributed by atoms with E-state index in [9.17, 15) is 9.18 Å². The Balaban J connectivity index is 1.36. The monoisotopic (exact) mass is 456 g/mol. The van der Waals surface area contributed by atoms with Crippen molar-refractivity contribution in [3.05, 3.63) is 58.6 Å². The molecule has 4 aromatic rings. The van der Waals surface area contributed by atoms with Crippen molar-refractivity contribution in [1.82, 2.24) is 19.9 Å². The second kappa shape index (κ2) is 7.90. The standard InChI is InChI=1S/C22H15Cl2FN4O2/c23-16-6-19-20(7-17(16)24)29-21(28-19)15-2-1-12(5-18(15)25)13-8-26-22(27-9-13)31-14-3-11(4-14)10-30/h1-2,5-11,14H,3-4H2,(H,28,29). The summed E-state index contributed by atoms with van der Waals surface area (Å²) in [7, 11) is 0. The van der Waals surface area contributed by atoms with Gasteiger partial charge in [-0.2, -0.15) is 0 Å². The van der Waals surface area contributed by atoms with Crippen LogP contribution < -0.4 is 4.74 Å². The molecule has 2 aromatic carbocycles. The quantitative estimate of drug-likeness (QED) is 0.401. The van der Waals surface area contributed by atoms with Crippen LogP contribution in [0.2, 0.25) is 10.0 Å². The van der Waals surface area contributed by atoms with Crippen molar-refractivity contribution in [2.75, 3.05) is 0 Å². The van der Waals surface area contributed by atoms with Crippen LogP contribution in [0, 0.1) is 11.7 Å². The molecule has 5 rings (SSSR count). The summed E-state index contributed by atoms with van der Waals surface area (Å²) >= 11 is 12.1. The molecule has 156 valence electrons. The molecule has 9 heteroatoms. The lowest BCUT2D eigenvalue weighted by atomic mass is 9.84. The number of carbonyl (C=O) groups excluding carboxylic acids is 1. The van der Waals surface area contributed by atoms with Gasteiger partial charge in [0.15, 0.2) is 0 Å². The molecule has 0 unspecified atom stereocenters. The molecule has 0 amide bonds. The van der Waals surface area contributed by atoms with Gasteiger partial charge in [-0.1, -0.05) is 29.3 Å². The number of rotatable bonds is 5. The highest BCUT2D eigenvalue weighted by atomic mass is 35.5. The molecule has 1 fully saturated rings. The lowest BCUT2D eigenvalue weighted by molar-refractivity contribution is -0.116. The Kier molecular flexibility index (Phi) is 5.08. The van der Waals surface area contributed by atoms with Gasteiger partial charge in [0.2, 0.25) is 0 Å². The number of carbonyl (C=O) groups is 1. The number of halogens is 3. The van der Waals surface area contributed by atoms with E-state index >= 15 is 0 Å². The number of fused-ring (bicyclic) bond motifs is 1. The Morgan fingerprint density at radius 1 is 1.06 bits per heavy atom. The minimum atomic E-state index is -0.441. The lowest BCUT2D eigenvalue weighted by Crippen LogP contribution is -2.34. The first-order valence-electron chi connectivity index (χ1n) is 9.59. The van der Waals surface area contributed by atoms with Crippen LogP contribution in [0.5, 0.6) is 6.01 Å². The number of nitrogens with one attached hydrogen (secondary N) is 1. The van der Waals surface area contributed by atoms with Crippen molar-refractivity contribution in [3.8, 4) is 28.5 Å². The van der Waals surface area contributed by atoms with Crippen molar-refractivity contribution in [1.29, 1.82) is 0 Å². The second-order valence-corrected chi connectivity index (χ2v) is 8.24. The zero-order valence-electron chi connectivity index (χ0n) is 16.0. The lowest BCUT2D eigenvalue weighted by Gasteiger charge is -2.30. The fraction of sp³-hybridized carbons (Fsp3) is 0.182. The molecule has 0 saturated heterocycles. The third kappa shape index (κ3) is 3.86. The third-order valence-electron chi connectivity index (χ3n) is 5.31. The molecule has 1 aliphatic carbocycles. The minimum Gasteiger partial charge on any atom is -0.460 e. The first-order chi connectivity index (χ1) is 15.0. The van der Waals surface area contributed by atoms with Gasteiger partial charge in [0, 0.05) is 23.9 Å². The molecule has 1 aliphatic rings. The van der Waals surface area contributed by atoms with E-state index in [1.54, 1.807) is 36.7 Å². The van der Waals surface area contributed by atoms with Gasteiger partial charge in [-0.05, 0) is 42.7 Å². The number of hydrogen-bond acceptors (Lipinski definition) is 5. The van der Waals surface area contributed by atoms with Crippen molar-refractivity contribution >= 4 is 40.5 Å². The summed E-state index contributed by atoms with van der Waals surface area (Å²) < 4.78 is 20.5. The number of aromatic amines is 1. The molecule has 2 heterocycles. The summed E-state index contributed by atoms with van der Waals surface area (Å²) in [6.07, 6.45) is 5.43. The van der Waals surface area contributed by atoms with E-state index < -0.39 is 5.82 Å². The summed E-state index contributed by atoms with van der Waals surface area (Å²) in [6.45, 7) is 0. The number of ether oxygens (including phenoxy) is 1. The number of nitrogens with zero attached hydrogens (tertiary/aromatic N) is 3. The molecule has 2 aromatic heterocycles. The Bertz CT molecular complexity index is 1250. The van der Waals surface area contributed by atoms with Gasteiger partial charge in [0.25, 0.3) is 0 Å². The second-order valence-electron chi connectivity index (χ2n) is 7.43. The van der Waals surface area contributed by atoms with Crippen molar-refractivity contribution < 1.29 is 13.9 Å². The zero-order chi connectivity index (χ0) is 21.5. The van der Waals surface area contributed by atoms with E-state index in [1.807, 2.05) is 0 Å². The van der Waals surface area contributed by atoms with Gasteiger partial charge < -0.3 is 14.5 Å². The van der Waals surface area contributed by atoms with E-state index in [1.165, 1.54) is 6.07 Å². The van der Waals surface area contributed by atoms with Crippen LogP contribution in [-0.4, -0.2) is 32.3 Å². The summed E-state index contributed by atoms with van der Waals surface area (Å²) in [6, 6.07) is 8.35. The maximum atomic E-state index is 14.9. The van der Waals surface area contributed by atoms with Gasteiger partial charge in [-0.25, -0.2) is 19.3 Å². The highest BCUT2D eigenvalue weighted by molar-refractivity contribution is 6.42. The van der Waals surface area contributed by atoms with Gasteiger partial charge in [-0.3, -0.25) is 0 Å². The van der Waals surface area contributed by atoms with Crippen LogP contribution in [0.15, 0.2) is 42.7 Å². The zero-order valence-corrected chi connectivity index (χ0v) is 17.5. The normalized spacial score (nSPS) is 18.0. The number of imidazole rings is 1. The molecule has 0 spiro atoms. The molecule has 0 radical (unpaired) electrons. The molecule has 0 aliphatic heterocycles. The highest BCUT2D eigenvalue weighted by Crippen LogP contribution is 2.32. The molecule has 0 bridgehead atoms. The van der Waals surface area contributed by atoms with Crippen molar-refractivity contribution in [2.24, 2.45) is 5.92 Å². The van der Waals surface area contributed by atoms with Crippen LogP contribution in [0.4, 0.5) is 4.39 Å². The first-order valence-corrected chi connectivity index (χ1v) is 10.3. The number of hydrogen-bond donors (Lipinski definition) is 1. The molecule has 1 N–H and O–H groups in total. The van der Waals surface area contributed by atoms with Crippen LogP contribution in [0.1, 0.15) is 12.8 Å². The molecule has 6 nitrogen and oxygen atoms in total. The Hall–Kier alpha value is -3.03. The highest BCUT2D eigenvalue weighted by Gasteiger charge is 2.31. The van der Waals surface area contributed by atoms with E-state index in [2.05, 4.69) is 19.9 Å². The summed E-state index contributed by atoms with van der Waals surface area (Å²) in [5.74, 6) is 0.00134. The topological polar surface area (TPSA) is 80.8 Å². The summed E-state index contributed by atoms with van der Waals surface area (Å²) in [5, 5.41) is 0.782. The van der Waals surface area contributed by atoms with Gasteiger partial charge in [0.05, 0.1) is 26.6 Å². The van der Waals surface area contributed by atoms with E-state index in [4.69, 9.17) is 27.9 Å². The molecule has 31 heavy (non-hydrogen) atoms. The van der Waals surface area contributed by atoms with E-state index in [0.29, 0.717) is 56.4 Å². The average molecular weight is 457 g/mol. The van der Waals surface area contributed by atoms with Crippen molar-refractivity contribution in [3.63, 3.8) is 0 Å². The Labute approximate surface area is 186 Å². The predicted molar refractivity (Wildman–Crippen MR) is 116 cm³/mol. The Morgan fingerprint density at radius 2 is 1.81 bits per heavy atom. The molecule has 1 saturated carbocycles. The number of benzene rings is 2. The van der Waals surface area contributed by atoms with Gasteiger partial charge >= 0.3 is 6.01 Å². The minimum absolute atomic E-state index is 0.0358. The number of aromatic nitrogens is 4. The molecule has 0 atom stereocenters. The largest absolute Gasteiger partial charge is 0.460 e. The van der Waals surface area contributed by atoms with Gasteiger partial charge in [-0.15, -0.1) is 0 Å². The van der Waals surface area contributed by atoms with E-state index in [0.717, 1.165) is 6.29 Å². The number of aldehydes is 1. The van der Waals surface area contributed by atoms with Crippen LogP contribution >= 0.6 is 23.2 Å². The van der Waals surface area contributed by atoms with E-state index in [-0.39, 0.29) is 18.0 Å². The van der Waals surface area contributed by atoms with Gasteiger partial charge in [0.1, 0.15) is 24.0 Å². The van der Waals surface area contributed by atoms with Crippen LogP contribution in [-0.2, 0) is 4.79 Å². The average Bonchev–Trinajstić information content (AvgIpc) is 3.13. The maximum Gasteiger partial charge on any atom is 0.316 e. The van der Waals surface area contributed by atoms with Crippen LogP contribution in [0.25, 0.3) is 33.5 Å². The third-order valence-corrected chi connectivity index (χ3v) is 6.03. The summed E-state index contributed by atoms with van der Waals surface area (Å²) in [4.78, 5) is 26.5. The molecular weight excluding hydrogens is 442 g/mol. The first kappa shape index (κ1) is 19.9. The smallest absolute Gasteiger partial charge is 0.316 e. The maximum absolute atomic E-state index is 14.9. The fourth-order valence-corrected chi connectivity index (χ4v) is 3.83. The van der Waals surface area contributed by atoms with Crippen LogP contribution in [0.3, 0.4) is 0 Å².